The lowest BCUT2D eigenvalue weighted by Crippen LogP contribution is -2.64. The van der Waals surface area contributed by atoms with Crippen LogP contribution >= 0.6 is 12.4 Å². The molecule has 6 atom stereocenters. The topological polar surface area (TPSA) is 90.4 Å². The number of nitrogens with two attached hydrogens (primary N) is 1. The molecule has 1 aliphatic heterocycles. The average molecular weight is 352 g/mol. The summed E-state index contributed by atoms with van der Waals surface area (Å²) >= 11 is 0. The zero-order valence-corrected chi connectivity index (χ0v) is 14.7. The normalized spacial score (nSPS) is 51.5. The predicted molar refractivity (Wildman–Crippen MR) is 90.0 cm³/mol. The Labute approximate surface area is 149 Å². The molecule has 6 rings (SSSR count). The van der Waals surface area contributed by atoms with Crippen LogP contribution in [0, 0.1) is 34.5 Å². The maximum Gasteiger partial charge on any atom is 0.241 e. The molecule has 0 aromatic rings. The highest BCUT2D eigenvalue weighted by Crippen LogP contribution is 2.63. The van der Waals surface area contributed by atoms with Crippen molar-refractivity contribution in [3.8, 4) is 6.07 Å². The Morgan fingerprint density at radius 2 is 1.88 bits per heavy atom. The number of aliphatic hydroxyl groups is 1. The lowest BCUT2D eigenvalue weighted by Gasteiger charge is -2.61. The summed E-state index contributed by atoms with van der Waals surface area (Å²) in [6, 6.07) is 1.72. The molecule has 5 aliphatic carbocycles. The van der Waals surface area contributed by atoms with Gasteiger partial charge in [0.1, 0.15) is 6.04 Å². The van der Waals surface area contributed by atoms with Gasteiger partial charge in [0.2, 0.25) is 5.91 Å². The van der Waals surface area contributed by atoms with Crippen molar-refractivity contribution in [3.05, 3.63) is 0 Å². The fourth-order valence-electron chi connectivity index (χ4n) is 6.96. The van der Waals surface area contributed by atoms with Gasteiger partial charge in [-0.25, -0.2) is 0 Å². The van der Waals surface area contributed by atoms with Crippen molar-refractivity contribution in [2.45, 2.75) is 75.1 Å². The first-order valence-electron chi connectivity index (χ1n) is 9.13. The zero-order valence-electron chi connectivity index (χ0n) is 13.9. The van der Waals surface area contributed by atoms with Crippen molar-refractivity contribution in [2.75, 3.05) is 0 Å². The molecule has 1 heterocycles. The molecule has 24 heavy (non-hydrogen) atoms. The van der Waals surface area contributed by atoms with Crippen LogP contribution in [0.5, 0.6) is 0 Å². The first-order chi connectivity index (χ1) is 10.9. The SMILES string of the molecule is Cl.N#CC1C[C@H]2C[C@@H]2N1C(=O)C(N)C12CC3CC(CC(O)(C3)C1)C2. The first-order valence-corrected chi connectivity index (χ1v) is 9.13. The van der Waals surface area contributed by atoms with Crippen molar-refractivity contribution in [1.29, 1.82) is 5.26 Å². The van der Waals surface area contributed by atoms with Crippen molar-refractivity contribution < 1.29 is 9.90 Å². The Morgan fingerprint density at radius 3 is 2.46 bits per heavy atom. The molecular formula is C18H26ClN3O2. The van der Waals surface area contributed by atoms with E-state index in [2.05, 4.69) is 6.07 Å². The lowest BCUT2D eigenvalue weighted by atomic mass is 9.46. The number of carbonyl (C=O) groups excluding carboxylic acids is 1. The number of halogens is 1. The van der Waals surface area contributed by atoms with Crippen LogP contribution in [0.4, 0.5) is 0 Å². The third-order valence-corrected chi connectivity index (χ3v) is 7.51. The van der Waals surface area contributed by atoms with Gasteiger partial charge < -0.3 is 15.7 Å². The summed E-state index contributed by atoms with van der Waals surface area (Å²) in [6.45, 7) is 0. The van der Waals surface area contributed by atoms with E-state index >= 15 is 0 Å². The molecular weight excluding hydrogens is 326 g/mol. The number of carbonyl (C=O) groups is 1. The summed E-state index contributed by atoms with van der Waals surface area (Å²) in [5.74, 6) is 1.56. The number of amides is 1. The molecule has 3 N–H and O–H groups in total. The Bertz CT molecular complexity index is 604. The summed E-state index contributed by atoms with van der Waals surface area (Å²) in [4.78, 5) is 14.9. The van der Waals surface area contributed by atoms with Crippen LogP contribution in [-0.2, 0) is 4.79 Å². The minimum atomic E-state index is -0.594. The van der Waals surface area contributed by atoms with E-state index in [-0.39, 0.29) is 35.8 Å². The molecule has 0 spiro atoms. The van der Waals surface area contributed by atoms with Crippen LogP contribution < -0.4 is 5.73 Å². The number of rotatable bonds is 2. The second-order valence-electron chi connectivity index (χ2n) is 9.21. The first kappa shape index (κ1) is 16.6. The van der Waals surface area contributed by atoms with Gasteiger partial charge in [-0.1, -0.05) is 0 Å². The molecule has 1 amide bonds. The van der Waals surface area contributed by atoms with E-state index in [4.69, 9.17) is 5.73 Å². The molecule has 0 radical (unpaired) electrons. The van der Waals surface area contributed by atoms with Crippen LogP contribution in [0.25, 0.3) is 0 Å². The Kier molecular flexibility index (Phi) is 3.53. The largest absolute Gasteiger partial charge is 0.390 e. The highest BCUT2D eigenvalue weighted by molar-refractivity contribution is 5.85. The summed E-state index contributed by atoms with van der Waals surface area (Å²) in [5, 5.41) is 20.2. The quantitative estimate of drug-likeness (QED) is 0.790. The van der Waals surface area contributed by atoms with Gasteiger partial charge in [-0.2, -0.15) is 5.26 Å². The minimum Gasteiger partial charge on any atom is -0.390 e. The number of piperidine rings is 1. The summed E-state index contributed by atoms with van der Waals surface area (Å²) < 4.78 is 0. The van der Waals surface area contributed by atoms with Gasteiger partial charge in [0.05, 0.1) is 17.7 Å². The van der Waals surface area contributed by atoms with Crippen LogP contribution in [0.2, 0.25) is 0 Å². The molecule has 1 saturated heterocycles. The number of likely N-dealkylation sites (tertiary alicyclic amines) is 1. The Hall–Kier alpha value is -0.830. The number of nitrogens with zero attached hydrogens (tertiary/aromatic N) is 2. The van der Waals surface area contributed by atoms with E-state index in [0.29, 0.717) is 24.2 Å². The van der Waals surface area contributed by atoms with Crippen LogP contribution in [0.1, 0.15) is 51.4 Å². The van der Waals surface area contributed by atoms with Gasteiger partial charge in [0, 0.05) is 6.04 Å². The number of nitriles is 1. The van der Waals surface area contributed by atoms with E-state index in [1.807, 2.05) is 0 Å². The second-order valence-corrected chi connectivity index (χ2v) is 9.21. The molecule has 4 bridgehead atoms. The predicted octanol–water partition coefficient (Wildman–Crippen LogP) is 1.58. The molecule has 6 heteroatoms. The number of fused-ring (bicyclic) bond motifs is 1. The monoisotopic (exact) mass is 351 g/mol. The summed E-state index contributed by atoms with van der Waals surface area (Å²) in [6.07, 6.45) is 7.48. The van der Waals surface area contributed by atoms with Crippen molar-refractivity contribution >= 4 is 18.3 Å². The third-order valence-electron chi connectivity index (χ3n) is 7.51. The molecule has 5 nitrogen and oxygen atoms in total. The zero-order chi connectivity index (χ0) is 16.0. The van der Waals surface area contributed by atoms with Crippen LogP contribution in [0.15, 0.2) is 0 Å². The minimum absolute atomic E-state index is 0. The van der Waals surface area contributed by atoms with Gasteiger partial charge in [0.15, 0.2) is 0 Å². The standard InChI is InChI=1S/C18H25N3O2.ClH/c19-8-13-2-12-3-14(12)21(13)16(22)15(20)17-4-10-1-11(5-17)7-18(23,6-10)9-17;/h10-15,23H,1-7,9,20H2;1H/t10?,11?,12-,13?,14-,15?,17?,18?;/m0./s1. The average Bonchev–Trinajstić information content (AvgIpc) is 3.14. The molecule has 5 saturated carbocycles. The van der Waals surface area contributed by atoms with Crippen molar-refractivity contribution in [1.82, 2.24) is 4.90 Å². The van der Waals surface area contributed by atoms with Crippen molar-refractivity contribution in [2.24, 2.45) is 28.9 Å². The third kappa shape index (κ3) is 2.16. The van der Waals surface area contributed by atoms with Gasteiger partial charge in [-0.05, 0) is 74.5 Å². The van der Waals surface area contributed by atoms with E-state index < -0.39 is 11.6 Å². The molecule has 6 aliphatic rings. The van der Waals surface area contributed by atoms with Crippen LogP contribution in [-0.4, -0.2) is 39.6 Å². The molecule has 6 fully saturated rings. The van der Waals surface area contributed by atoms with Gasteiger partial charge in [-0.15, -0.1) is 12.4 Å². The summed E-state index contributed by atoms with van der Waals surface area (Å²) in [5.41, 5.74) is 5.71. The molecule has 4 unspecified atom stereocenters. The fourth-order valence-corrected chi connectivity index (χ4v) is 6.96. The highest BCUT2D eigenvalue weighted by atomic mass is 35.5. The second kappa shape index (κ2) is 5.09. The fraction of sp³-hybridized carbons (Fsp3) is 0.889. The number of hydrogen-bond donors (Lipinski definition) is 2. The van der Waals surface area contributed by atoms with E-state index in [1.54, 1.807) is 4.90 Å². The van der Waals surface area contributed by atoms with Gasteiger partial charge in [-0.3, -0.25) is 4.79 Å². The maximum absolute atomic E-state index is 13.1. The highest BCUT2D eigenvalue weighted by Gasteiger charge is 2.62. The Morgan fingerprint density at radius 1 is 1.21 bits per heavy atom. The van der Waals surface area contributed by atoms with E-state index in [9.17, 15) is 15.2 Å². The smallest absolute Gasteiger partial charge is 0.241 e. The summed E-state index contributed by atoms with van der Waals surface area (Å²) in [7, 11) is 0. The molecule has 0 aromatic heterocycles. The maximum atomic E-state index is 13.1. The van der Waals surface area contributed by atoms with Gasteiger partial charge >= 0.3 is 0 Å². The van der Waals surface area contributed by atoms with Crippen molar-refractivity contribution in [3.63, 3.8) is 0 Å². The number of hydrogen-bond acceptors (Lipinski definition) is 4. The molecule has 132 valence electrons. The Balaban J connectivity index is 0.00000146. The van der Waals surface area contributed by atoms with Gasteiger partial charge in [0.25, 0.3) is 0 Å². The molecule has 0 aromatic carbocycles. The van der Waals surface area contributed by atoms with E-state index in [0.717, 1.165) is 38.5 Å². The van der Waals surface area contributed by atoms with E-state index in [1.165, 1.54) is 6.42 Å². The lowest BCUT2D eigenvalue weighted by molar-refractivity contribution is -0.177. The van der Waals surface area contributed by atoms with Crippen LogP contribution in [0.3, 0.4) is 0 Å².